The Kier molecular flexibility index (Phi) is 5.34. The number of thioether (sulfide) groups is 1. The first-order valence-corrected chi connectivity index (χ1v) is 9.91. The van der Waals surface area contributed by atoms with E-state index >= 15 is 0 Å². The smallest absolute Gasteiger partial charge is 0.191 e. The van der Waals surface area contributed by atoms with Gasteiger partial charge in [-0.2, -0.15) is 0 Å². The molecule has 0 amide bonds. The van der Waals surface area contributed by atoms with Crippen LogP contribution in [0.5, 0.6) is 5.75 Å². The van der Waals surface area contributed by atoms with Crippen molar-refractivity contribution in [1.82, 2.24) is 19.7 Å². The van der Waals surface area contributed by atoms with Gasteiger partial charge < -0.3 is 9.30 Å². The summed E-state index contributed by atoms with van der Waals surface area (Å²) in [4.78, 5) is 4.06. The Hall–Kier alpha value is -2.86. The van der Waals surface area contributed by atoms with Gasteiger partial charge in [-0.15, -0.1) is 10.2 Å². The second kappa shape index (κ2) is 8.22. The summed E-state index contributed by atoms with van der Waals surface area (Å²) in [6.07, 6.45) is 3.54. The number of hydrogen-bond acceptors (Lipinski definition) is 5. The van der Waals surface area contributed by atoms with Crippen LogP contribution in [0.25, 0.3) is 22.2 Å². The fraction of sp³-hybridized carbons (Fsp3) is 0.190. The Bertz CT molecular complexity index is 1030. The normalized spacial score (nSPS) is 11.0. The van der Waals surface area contributed by atoms with Crippen LogP contribution in [0.3, 0.4) is 0 Å². The SMILES string of the molecule is CCn1c(SCCOc2ccc3ccccc3c2)nnc1-c1ccncc1. The summed E-state index contributed by atoms with van der Waals surface area (Å²) in [5.41, 5.74) is 1.03. The van der Waals surface area contributed by atoms with E-state index in [4.69, 9.17) is 4.74 Å². The number of fused-ring (bicyclic) bond motifs is 1. The van der Waals surface area contributed by atoms with Crippen LogP contribution in [0, 0.1) is 0 Å². The highest BCUT2D eigenvalue weighted by Gasteiger charge is 2.12. The molecule has 4 aromatic rings. The van der Waals surface area contributed by atoms with Crippen LogP contribution in [-0.2, 0) is 6.54 Å². The van der Waals surface area contributed by atoms with Crippen LogP contribution >= 0.6 is 11.8 Å². The predicted molar refractivity (Wildman–Crippen MR) is 109 cm³/mol. The van der Waals surface area contributed by atoms with Gasteiger partial charge in [0.1, 0.15) is 5.75 Å². The summed E-state index contributed by atoms with van der Waals surface area (Å²) in [5.74, 6) is 2.57. The first-order chi connectivity index (χ1) is 13.3. The lowest BCUT2D eigenvalue weighted by atomic mass is 10.1. The molecule has 2 aromatic heterocycles. The molecule has 0 fully saturated rings. The fourth-order valence-electron chi connectivity index (χ4n) is 2.94. The molecule has 2 heterocycles. The van der Waals surface area contributed by atoms with Gasteiger partial charge >= 0.3 is 0 Å². The molecule has 0 bridgehead atoms. The molecular formula is C21H20N4OS. The Morgan fingerprint density at radius 3 is 2.59 bits per heavy atom. The Morgan fingerprint density at radius 1 is 0.963 bits per heavy atom. The topological polar surface area (TPSA) is 52.8 Å². The average Bonchev–Trinajstić information content (AvgIpc) is 3.14. The maximum Gasteiger partial charge on any atom is 0.191 e. The van der Waals surface area contributed by atoms with Crippen molar-refractivity contribution in [2.45, 2.75) is 18.6 Å². The molecule has 0 N–H and O–H groups in total. The highest BCUT2D eigenvalue weighted by atomic mass is 32.2. The minimum atomic E-state index is 0.615. The van der Waals surface area contributed by atoms with E-state index in [9.17, 15) is 0 Å². The van der Waals surface area contributed by atoms with Gasteiger partial charge in [0.15, 0.2) is 11.0 Å². The summed E-state index contributed by atoms with van der Waals surface area (Å²) >= 11 is 1.66. The second-order valence-corrected chi connectivity index (χ2v) is 7.05. The van der Waals surface area contributed by atoms with E-state index in [1.54, 1.807) is 24.2 Å². The maximum absolute atomic E-state index is 5.91. The number of aromatic nitrogens is 4. The molecule has 0 radical (unpaired) electrons. The van der Waals surface area contributed by atoms with Crippen molar-refractivity contribution in [2.75, 3.05) is 12.4 Å². The molecule has 0 spiro atoms. The van der Waals surface area contributed by atoms with E-state index < -0.39 is 0 Å². The first kappa shape index (κ1) is 17.5. The van der Waals surface area contributed by atoms with Crippen LogP contribution in [0.1, 0.15) is 6.92 Å². The third kappa shape index (κ3) is 3.95. The molecule has 0 aliphatic rings. The largest absolute Gasteiger partial charge is 0.493 e. The summed E-state index contributed by atoms with van der Waals surface area (Å²) < 4.78 is 8.04. The molecule has 136 valence electrons. The standard InChI is InChI=1S/C21H20N4OS/c1-2-25-20(17-9-11-22-12-10-17)23-24-21(25)27-14-13-26-19-8-7-16-5-3-4-6-18(16)15-19/h3-12,15H,2,13-14H2,1H3. The van der Waals surface area contributed by atoms with Crippen LogP contribution in [0.15, 0.2) is 72.1 Å². The lowest BCUT2D eigenvalue weighted by Crippen LogP contribution is -2.03. The molecule has 0 unspecified atom stereocenters. The number of rotatable bonds is 7. The summed E-state index contributed by atoms with van der Waals surface area (Å²) in [7, 11) is 0. The molecule has 0 saturated carbocycles. The van der Waals surface area contributed by atoms with Gasteiger partial charge in [-0.1, -0.05) is 42.1 Å². The van der Waals surface area contributed by atoms with Gasteiger partial charge in [0, 0.05) is 30.3 Å². The molecule has 0 aliphatic heterocycles. The van der Waals surface area contributed by atoms with Crippen molar-refractivity contribution in [2.24, 2.45) is 0 Å². The molecule has 0 atom stereocenters. The zero-order valence-corrected chi connectivity index (χ0v) is 15.9. The molecule has 0 saturated heterocycles. The minimum absolute atomic E-state index is 0.615. The predicted octanol–water partition coefficient (Wildman–Crippen LogP) is 4.68. The van der Waals surface area contributed by atoms with Gasteiger partial charge in [-0.05, 0) is 42.0 Å². The molecule has 0 aliphatic carbocycles. The summed E-state index contributed by atoms with van der Waals surface area (Å²) in [6.45, 7) is 3.53. The van der Waals surface area contributed by atoms with Crippen molar-refractivity contribution in [3.8, 4) is 17.1 Å². The van der Waals surface area contributed by atoms with Gasteiger partial charge in [0.05, 0.1) is 6.61 Å². The lowest BCUT2D eigenvalue weighted by Gasteiger charge is -2.09. The van der Waals surface area contributed by atoms with E-state index in [-0.39, 0.29) is 0 Å². The zero-order valence-electron chi connectivity index (χ0n) is 15.1. The van der Waals surface area contributed by atoms with Gasteiger partial charge in [-0.3, -0.25) is 4.98 Å². The summed E-state index contributed by atoms with van der Waals surface area (Å²) in [5, 5.41) is 12.0. The monoisotopic (exact) mass is 376 g/mol. The van der Waals surface area contributed by atoms with Crippen molar-refractivity contribution in [3.05, 3.63) is 67.0 Å². The maximum atomic E-state index is 5.91. The first-order valence-electron chi connectivity index (χ1n) is 8.93. The van der Waals surface area contributed by atoms with E-state index in [2.05, 4.69) is 50.9 Å². The second-order valence-electron chi connectivity index (χ2n) is 5.99. The van der Waals surface area contributed by atoms with Crippen LogP contribution in [0.4, 0.5) is 0 Å². The van der Waals surface area contributed by atoms with Crippen molar-refractivity contribution in [1.29, 1.82) is 0 Å². The molecule has 4 rings (SSSR count). The summed E-state index contributed by atoms with van der Waals surface area (Å²) in [6, 6.07) is 18.4. The molecule has 5 nitrogen and oxygen atoms in total. The molecule has 2 aromatic carbocycles. The number of hydrogen-bond donors (Lipinski definition) is 0. The minimum Gasteiger partial charge on any atom is -0.493 e. The van der Waals surface area contributed by atoms with E-state index in [0.29, 0.717) is 6.61 Å². The Labute approximate surface area is 162 Å². The van der Waals surface area contributed by atoms with Crippen molar-refractivity contribution in [3.63, 3.8) is 0 Å². The molecule has 6 heteroatoms. The fourth-order valence-corrected chi connectivity index (χ4v) is 3.76. The average molecular weight is 376 g/mol. The van der Waals surface area contributed by atoms with E-state index in [0.717, 1.165) is 34.6 Å². The zero-order chi connectivity index (χ0) is 18.5. The number of ether oxygens (including phenoxy) is 1. The molecule has 27 heavy (non-hydrogen) atoms. The third-order valence-corrected chi connectivity index (χ3v) is 5.21. The highest BCUT2D eigenvalue weighted by molar-refractivity contribution is 7.99. The Balaban J connectivity index is 1.38. The van der Waals surface area contributed by atoms with Crippen LogP contribution in [0.2, 0.25) is 0 Å². The van der Waals surface area contributed by atoms with Crippen LogP contribution < -0.4 is 4.74 Å². The number of nitrogens with zero attached hydrogens (tertiary/aromatic N) is 4. The number of benzene rings is 2. The van der Waals surface area contributed by atoms with Gasteiger partial charge in [0.25, 0.3) is 0 Å². The van der Waals surface area contributed by atoms with E-state index in [1.807, 2.05) is 30.3 Å². The van der Waals surface area contributed by atoms with Gasteiger partial charge in [-0.25, -0.2) is 0 Å². The quantitative estimate of drug-likeness (QED) is 0.346. The third-order valence-electron chi connectivity index (χ3n) is 4.28. The highest BCUT2D eigenvalue weighted by Crippen LogP contribution is 2.24. The van der Waals surface area contributed by atoms with Gasteiger partial charge in [0.2, 0.25) is 0 Å². The van der Waals surface area contributed by atoms with Crippen molar-refractivity contribution >= 4 is 22.5 Å². The number of pyridine rings is 1. The molecular weight excluding hydrogens is 356 g/mol. The van der Waals surface area contributed by atoms with E-state index in [1.165, 1.54) is 10.8 Å². The van der Waals surface area contributed by atoms with Crippen LogP contribution in [-0.4, -0.2) is 32.1 Å². The Morgan fingerprint density at radius 2 is 1.78 bits per heavy atom. The lowest BCUT2D eigenvalue weighted by molar-refractivity contribution is 0.344. The van der Waals surface area contributed by atoms with Crippen molar-refractivity contribution < 1.29 is 4.74 Å².